The van der Waals surface area contributed by atoms with Crippen molar-refractivity contribution in [3.8, 4) is 0 Å². The fraction of sp³-hybridized carbons (Fsp3) is 0.440. The highest BCUT2D eigenvalue weighted by molar-refractivity contribution is 7.99. The Hall–Kier alpha value is -2.34. The smallest absolute Gasteiger partial charge is 0.243 e. The van der Waals surface area contributed by atoms with E-state index >= 15 is 0 Å². The average Bonchev–Trinajstić information content (AvgIpc) is 2.74. The second-order valence-electron chi connectivity index (χ2n) is 7.87. The maximum absolute atomic E-state index is 13.3. The zero-order valence-electron chi connectivity index (χ0n) is 18.9. The summed E-state index contributed by atoms with van der Waals surface area (Å²) in [7, 11) is 0. The molecule has 2 aromatic carbocycles. The molecule has 0 heterocycles. The van der Waals surface area contributed by atoms with Crippen molar-refractivity contribution < 1.29 is 14.0 Å². The van der Waals surface area contributed by atoms with Crippen molar-refractivity contribution in [2.75, 3.05) is 5.75 Å². The number of thioether (sulfide) groups is 1. The Labute approximate surface area is 189 Å². The maximum atomic E-state index is 13.3. The van der Waals surface area contributed by atoms with Crippen molar-refractivity contribution in [2.24, 2.45) is 0 Å². The molecule has 0 fully saturated rings. The van der Waals surface area contributed by atoms with Gasteiger partial charge in [-0.1, -0.05) is 55.8 Å². The molecule has 0 saturated carbocycles. The van der Waals surface area contributed by atoms with Crippen LogP contribution in [0.3, 0.4) is 0 Å². The van der Waals surface area contributed by atoms with Gasteiger partial charge in [-0.25, -0.2) is 4.39 Å². The molecule has 1 N–H and O–H groups in total. The van der Waals surface area contributed by atoms with Crippen LogP contribution in [0.1, 0.15) is 50.3 Å². The first-order valence-corrected chi connectivity index (χ1v) is 12.0. The Morgan fingerprint density at radius 3 is 2.39 bits per heavy atom. The largest absolute Gasteiger partial charge is 0.352 e. The van der Waals surface area contributed by atoms with Gasteiger partial charge in [0.25, 0.3) is 0 Å². The van der Waals surface area contributed by atoms with Gasteiger partial charge >= 0.3 is 0 Å². The minimum Gasteiger partial charge on any atom is -0.352 e. The quantitative estimate of drug-likeness (QED) is 0.525. The van der Waals surface area contributed by atoms with Crippen LogP contribution in [0, 0.1) is 12.7 Å². The molecule has 0 saturated heterocycles. The highest BCUT2D eigenvalue weighted by Crippen LogP contribution is 2.18. The lowest BCUT2D eigenvalue weighted by atomic mass is 10.1. The highest BCUT2D eigenvalue weighted by atomic mass is 32.2. The van der Waals surface area contributed by atoms with Gasteiger partial charge in [-0.15, -0.1) is 11.8 Å². The predicted octanol–water partition coefficient (Wildman–Crippen LogP) is 5.09. The number of aryl methyl sites for hydroxylation is 1. The lowest BCUT2D eigenvalue weighted by molar-refractivity contribution is -0.139. The van der Waals surface area contributed by atoms with Gasteiger partial charge in [-0.3, -0.25) is 9.59 Å². The van der Waals surface area contributed by atoms with Crippen LogP contribution < -0.4 is 5.32 Å². The molecule has 6 heteroatoms. The summed E-state index contributed by atoms with van der Waals surface area (Å²) in [4.78, 5) is 27.7. The van der Waals surface area contributed by atoms with Gasteiger partial charge in [-0.2, -0.15) is 0 Å². The van der Waals surface area contributed by atoms with E-state index in [0.29, 0.717) is 6.42 Å². The van der Waals surface area contributed by atoms with Crippen LogP contribution in [0.4, 0.5) is 4.39 Å². The molecule has 0 bridgehead atoms. The molecule has 31 heavy (non-hydrogen) atoms. The summed E-state index contributed by atoms with van der Waals surface area (Å²) in [5.74, 6) is 0.455. The summed E-state index contributed by atoms with van der Waals surface area (Å²) in [6, 6.07) is 13.8. The SMILES string of the molecule is CCC(C)NC(=O)C(CC)N(Cc1ccc(F)cc1)C(=O)CSCc1cccc(C)c1. The number of carbonyl (C=O) groups excluding carboxylic acids is 2. The Balaban J connectivity index is 2.13. The summed E-state index contributed by atoms with van der Waals surface area (Å²) in [5, 5.41) is 3.00. The van der Waals surface area contributed by atoms with Crippen LogP contribution in [-0.4, -0.2) is 34.6 Å². The number of amides is 2. The predicted molar refractivity (Wildman–Crippen MR) is 126 cm³/mol. The fourth-order valence-corrected chi connectivity index (χ4v) is 4.15. The average molecular weight is 445 g/mol. The molecular weight excluding hydrogens is 411 g/mol. The highest BCUT2D eigenvalue weighted by Gasteiger charge is 2.29. The molecule has 2 unspecified atom stereocenters. The number of hydrogen-bond donors (Lipinski definition) is 1. The topological polar surface area (TPSA) is 49.4 Å². The third kappa shape index (κ3) is 8.02. The molecule has 4 nitrogen and oxygen atoms in total. The summed E-state index contributed by atoms with van der Waals surface area (Å²) in [5.41, 5.74) is 3.16. The van der Waals surface area contributed by atoms with Crippen LogP contribution in [0.25, 0.3) is 0 Å². The van der Waals surface area contributed by atoms with Crippen molar-refractivity contribution in [1.29, 1.82) is 0 Å². The maximum Gasteiger partial charge on any atom is 0.243 e. The van der Waals surface area contributed by atoms with Crippen molar-refractivity contribution in [1.82, 2.24) is 10.2 Å². The summed E-state index contributed by atoms with van der Waals surface area (Å²) >= 11 is 1.54. The second kappa shape index (κ2) is 12.5. The normalized spacial score (nSPS) is 12.8. The van der Waals surface area contributed by atoms with E-state index in [9.17, 15) is 14.0 Å². The van der Waals surface area contributed by atoms with Gasteiger partial charge in [-0.05, 0) is 49.9 Å². The van der Waals surface area contributed by atoms with E-state index in [0.717, 1.165) is 17.7 Å². The van der Waals surface area contributed by atoms with Crippen LogP contribution in [0.2, 0.25) is 0 Å². The molecule has 0 aliphatic heterocycles. The molecule has 0 radical (unpaired) electrons. The van der Waals surface area contributed by atoms with Crippen molar-refractivity contribution in [3.63, 3.8) is 0 Å². The second-order valence-corrected chi connectivity index (χ2v) is 8.86. The Morgan fingerprint density at radius 2 is 1.77 bits per heavy atom. The molecule has 2 rings (SSSR count). The van der Waals surface area contributed by atoms with E-state index in [1.165, 1.54) is 35.0 Å². The number of carbonyl (C=O) groups is 2. The van der Waals surface area contributed by atoms with E-state index in [2.05, 4.69) is 17.4 Å². The molecular formula is C25H33FN2O2S. The van der Waals surface area contributed by atoms with Gasteiger partial charge in [0, 0.05) is 18.3 Å². The molecule has 168 valence electrons. The zero-order chi connectivity index (χ0) is 22.8. The number of rotatable bonds is 11. The zero-order valence-corrected chi connectivity index (χ0v) is 19.7. The molecule has 2 aromatic rings. The monoisotopic (exact) mass is 444 g/mol. The van der Waals surface area contributed by atoms with Crippen LogP contribution in [0.15, 0.2) is 48.5 Å². The first kappa shape index (κ1) is 24.9. The van der Waals surface area contributed by atoms with E-state index in [4.69, 9.17) is 0 Å². The fourth-order valence-electron chi connectivity index (χ4n) is 3.29. The molecule has 2 atom stereocenters. The summed E-state index contributed by atoms with van der Waals surface area (Å²) in [6.45, 7) is 8.19. The number of benzene rings is 2. The van der Waals surface area contributed by atoms with Crippen molar-refractivity contribution in [3.05, 3.63) is 71.0 Å². The number of nitrogens with one attached hydrogen (secondary N) is 1. The Kier molecular flexibility index (Phi) is 10.0. The molecule has 0 aliphatic carbocycles. The van der Waals surface area contributed by atoms with E-state index < -0.39 is 6.04 Å². The van der Waals surface area contributed by atoms with E-state index in [1.807, 2.05) is 39.8 Å². The van der Waals surface area contributed by atoms with Gasteiger partial charge in [0.2, 0.25) is 11.8 Å². The lowest BCUT2D eigenvalue weighted by Crippen LogP contribution is -2.51. The van der Waals surface area contributed by atoms with Crippen LogP contribution in [-0.2, 0) is 21.9 Å². The standard InChI is InChI=1S/C25H33FN2O2S/c1-5-19(4)27-25(30)23(6-2)28(15-20-10-12-22(26)13-11-20)24(29)17-31-16-21-9-7-8-18(3)14-21/h7-14,19,23H,5-6,15-17H2,1-4H3,(H,27,30). The van der Waals surface area contributed by atoms with Crippen LogP contribution in [0.5, 0.6) is 0 Å². The molecule has 0 aromatic heterocycles. The third-order valence-electron chi connectivity index (χ3n) is 5.23. The lowest BCUT2D eigenvalue weighted by Gasteiger charge is -2.31. The van der Waals surface area contributed by atoms with E-state index in [-0.39, 0.29) is 36.0 Å². The molecule has 0 aliphatic rings. The number of halogens is 1. The van der Waals surface area contributed by atoms with Gasteiger partial charge in [0.15, 0.2) is 0 Å². The number of hydrogen-bond acceptors (Lipinski definition) is 3. The van der Waals surface area contributed by atoms with Crippen molar-refractivity contribution >= 4 is 23.6 Å². The van der Waals surface area contributed by atoms with Gasteiger partial charge in [0.1, 0.15) is 11.9 Å². The van der Waals surface area contributed by atoms with Crippen LogP contribution >= 0.6 is 11.8 Å². The Bertz CT molecular complexity index is 857. The summed E-state index contributed by atoms with van der Waals surface area (Å²) < 4.78 is 13.3. The molecule has 0 spiro atoms. The molecule has 2 amide bonds. The summed E-state index contributed by atoms with van der Waals surface area (Å²) in [6.07, 6.45) is 1.33. The first-order valence-electron chi connectivity index (χ1n) is 10.8. The van der Waals surface area contributed by atoms with Crippen molar-refractivity contribution in [2.45, 2.75) is 64.9 Å². The first-order chi connectivity index (χ1) is 14.8. The minimum absolute atomic E-state index is 0.0417. The third-order valence-corrected chi connectivity index (χ3v) is 6.22. The van der Waals surface area contributed by atoms with Gasteiger partial charge < -0.3 is 10.2 Å². The van der Waals surface area contributed by atoms with Gasteiger partial charge in [0.05, 0.1) is 5.75 Å². The number of nitrogens with zero attached hydrogens (tertiary/aromatic N) is 1. The van der Waals surface area contributed by atoms with E-state index in [1.54, 1.807) is 17.0 Å². The Morgan fingerprint density at radius 1 is 1.06 bits per heavy atom. The minimum atomic E-state index is -0.564.